The molecule has 1 aromatic heterocycles. The monoisotopic (exact) mass is 490 g/mol. The third-order valence-corrected chi connectivity index (χ3v) is 6.97. The number of anilines is 1. The van der Waals surface area contributed by atoms with Crippen molar-refractivity contribution < 1.29 is 19.0 Å². The quantitative estimate of drug-likeness (QED) is 0.477. The fourth-order valence-corrected chi connectivity index (χ4v) is 4.98. The van der Waals surface area contributed by atoms with Gasteiger partial charge in [-0.15, -0.1) is 5.10 Å². The maximum atomic E-state index is 12.6. The highest BCUT2D eigenvalue weighted by Gasteiger charge is 2.29. The molecule has 1 aliphatic heterocycles. The molecule has 1 saturated heterocycles. The van der Waals surface area contributed by atoms with E-state index < -0.39 is 6.09 Å². The molecular weight excluding hydrogens is 456 g/mol. The van der Waals surface area contributed by atoms with Crippen molar-refractivity contribution in [2.24, 2.45) is 0 Å². The first-order valence-corrected chi connectivity index (χ1v) is 12.8. The summed E-state index contributed by atoms with van der Waals surface area (Å²) in [4.78, 5) is 15.1. The number of ether oxygens (including phenoxy) is 3. The van der Waals surface area contributed by atoms with E-state index in [0.29, 0.717) is 24.2 Å². The molecule has 5 rings (SSSR count). The Morgan fingerprint density at radius 1 is 0.889 bits per heavy atom. The van der Waals surface area contributed by atoms with Crippen molar-refractivity contribution in [3.8, 4) is 5.88 Å². The highest BCUT2D eigenvalue weighted by molar-refractivity contribution is 5.86. The van der Waals surface area contributed by atoms with Gasteiger partial charge in [-0.1, -0.05) is 60.7 Å². The Labute approximate surface area is 212 Å². The van der Waals surface area contributed by atoms with Crippen LogP contribution in [0.25, 0.3) is 0 Å². The largest absolute Gasteiger partial charge is 0.470 e. The van der Waals surface area contributed by atoms with Crippen LogP contribution in [0.5, 0.6) is 5.88 Å². The molecule has 8 nitrogen and oxygen atoms in total. The molecule has 36 heavy (non-hydrogen) atoms. The highest BCUT2D eigenvalue weighted by Crippen LogP contribution is 2.34. The van der Waals surface area contributed by atoms with E-state index in [1.54, 1.807) is 0 Å². The van der Waals surface area contributed by atoms with Crippen molar-refractivity contribution in [1.82, 2.24) is 14.7 Å². The zero-order chi connectivity index (χ0) is 24.6. The molecule has 0 radical (unpaired) electrons. The topological polar surface area (TPSA) is 77.9 Å². The minimum Gasteiger partial charge on any atom is -0.470 e. The normalized spacial score (nSPS) is 20.6. The first kappa shape index (κ1) is 24.3. The van der Waals surface area contributed by atoms with Crippen LogP contribution in [0.1, 0.15) is 42.9 Å². The number of rotatable bonds is 8. The molecule has 1 aliphatic carbocycles. The highest BCUT2D eigenvalue weighted by atomic mass is 16.5. The molecule has 2 fully saturated rings. The van der Waals surface area contributed by atoms with Gasteiger partial charge in [0.1, 0.15) is 18.9 Å². The number of benzene rings is 2. The lowest BCUT2D eigenvalue weighted by atomic mass is 9.90. The molecule has 190 valence electrons. The van der Waals surface area contributed by atoms with Gasteiger partial charge >= 0.3 is 6.09 Å². The van der Waals surface area contributed by atoms with Gasteiger partial charge in [0, 0.05) is 19.1 Å². The molecule has 0 spiro atoms. The molecule has 1 N–H and O–H groups in total. The van der Waals surface area contributed by atoms with Crippen LogP contribution >= 0.6 is 0 Å². The number of hydrogen-bond donors (Lipinski definition) is 1. The number of carbonyl (C=O) groups excluding carboxylic acids is 1. The predicted molar refractivity (Wildman–Crippen MR) is 137 cm³/mol. The SMILES string of the molecule is O=C(Nc1cn([C@H]2CC[C@H](N3CCOCC3)CC2)nc1OCc1ccccc1)OCc1ccccc1. The van der Waals surface area contributed by atoms with E-state index in [1.807, 2.05) is 71.5 Å². The van der Waals surface area contributed by atoms with Crippen molar-refractivity contribution in [3.63, 3.8) is 0 Å². The van der Waals surface area contributed by atoms with Crippen LogP contribution in [0, 0.1) is 0 Å². The zero-order valence-electron chi connectivity index (χ0n) is 20.6. The third kappa shape index (κ3) is 6.44. The lowest BCUT2D eigenvalue weighted by molar-refractivity contribution is 0.00502. The fourth-order valence-electron chi connectivity index (χ4n) is 4.98. The van der Waals surface area contributed by atoms with Crippen molar-refractivity contribution in [2.45, 2.75) is 51.0 Å². The number of morpholine rings is 1. The van der Waals surface area contributed by atoms with Crippen molar-refractivity contribution in [2.75, 3.05) is 31.6 Å². The summed E-state index contributed by atoms with van der Waals surface area (Å²) in [6.07, 6.45) is 5.70. The van der Waals surface area contributed by atoms with Crippen molar-refractivity contribution >= 4 is 11.8 Å². The first-order valence-electron chi connectivity index (χ1n) is 12.8. The summed E-state index contributed by atoms with van der Waals surface area (Å²) >= 11 is 0. The average molecular weight is 491 g/mol. The molecule has 2 aliphatic rings. The van der Waals surface area contributed by atoms with E-state index in [9.17, 15) is 4.79 Å². The number of amides is 1. The lowest BCUT2D eigenvalue weighted by Gasteiger charge is -2.38. The number of carbonyl (C=O) groups is 1. The summed E-state index contributed by atoms with van der Waals surface area (Å²) < 4.78 is 19.0. The molecule has 3 aromatic rings. The fraction of sp³-hybridized carbons (Fsp3) is 0.429. The minimum absolute atomic E-state index is 0.201. The second kappa shape index (κ2) is 12.1. The van der Waals surface area contributed by atoms with E-state index >= 15 is 0 Å². The van der Waals surface area contributed by atoms with E-state index in [4.69, 9.17) is 19.3 Å². The van der Waals surface area contributed by atoms with Crippen LogP contribution in [0.3, 0.4) is 0 Å². The molecule has 2 aromatic carbocycles. The van der Waals surface area contributed by atoms with Gasteiger partial charge in [0.25, 0.3) is 5.88 Å². The summed E-state index contributed by atoms with van der Waals surface area (Å²) in [6.45, 7) is 4.27. The second-order valence-electron chi connectivity index (χ2n) is 9.40. The molecule has 0 atom stereocenters. The van der Waals surface area contributed by atoms with Gasteiger partial charge in [0.15, 0.2) is 0 Å². The van der Waals surface area contributed by atoms with Crippen LogP contribution in [0.15, 0.2) is 66.9 Å². The van der Waals surface area contributed by atoms with Gasteiger partial charge in [-0.05, 0) is 36.8 Å². The Kier molecular flexibility index (Phi) is 8.15. The van der Waals surface area contributed by atoms with Crippen molar-refractivity contribution in [3.05, 3.63) is 78.0 Å². The van der Waals surface area contributed by atoms with Crippen LogP contribution in [-0.2, 0) is 22.7 Å². The molecular formula is C28H34N4O4. The minimum atomic E-state index is -0.529. The van der Waals surface area contributed by atoms with Crippen molar-refractivity contribution in [1.29, 1.82) is 0 Å². The summed E-state index contributed by atoms with van der Waals surface area (Å²) in [5, 5.41) is 7.59. The summed E-state index contributed by atoms with van der Waals surface area (Å²) in [5.41, 5.74) is 2.50. The Morgan fingerprint density at radius 2 is 1.50 bits per heavy atom. The van der Waals surface area contributed by atoms with Gasteiger partial charge < -0.3 is 14.2 Å². The van der Waals surface area contributed by atoms with Crippen LogP contribution in [-0.4, -0.2) is 53.1 Å². The van der Waals surface area contributed by atoms with Crippen LogP contribution < -0.4 is 10.1 Å². The zero-order valence-corrected chi connectivity index (χ0v) is 20.6. The van der Waals surface area contributed by atoms with Gasteiger partial charge in [-0.3, -0.25) is 14.9 Å². The Bertz CT molecular complexity index is 1090. The van der Waals surface area contributed by atoms with E-state index in [2.05, 4.69) is 10.2 Å². The maximum Gasteiger partial charge on any atom is 0.412 e. The van der Waals surface area contributed by atoms with E-state index in [0.717, 1.165) is 63.1 Å². The lowest BCUT2D eigenvalue weighted by Crippen LogP contribution is -2.45. The van der Waals surface area contributed by atoms with Gasteiger partial charge in [0.2, 0.25) is 0 Å². The second-order valence-corrected chi connectivity index (χ2v) is 9.40. The van der Waals surface area contributed by atoms with Gasteiger partial charge in [0.05, 0.1) is 25.5 Å². The number of hydrogen-bond acceptors (Lipinski definition) is 6. The maximum absolute atomic E-state index is 12.6. The van der Waals surface area contributed by atoms with E-state index in [-0.39, 0.29) is 12.6 Å². The summed E-state index contributed by atoms with van der Waals surface area (Å²) in [6, 6.07) is 20.4. The molecule has 8 heteroatoms. The average Bonchev–Trinajstić information content (AvgIpc) is 3.35. The molecule has 0 unspecified atom stereocenters. The standard InChI is InChI=1S/C28H34N4O4/c33-28(36-21-23-9-5-2-6-10-23)29-26-19-32(30-27(26)35-20-22-7-3-1-4-8-22)25-13-11-24(12-14-25)31-15-17-34-18-16-31/h1-10,19,24-25H,11-18,20-21H2,(H,29,33)/t24-,25-. The molecule has 1 saturated carbocycles. The van der Waals surface area contributed by atoms with Crippen LogP contribution in [0.2, 0.25) is 0 Å². The number of aromatic nitrogens is 2. The third-order valence-electron chi connectivity index (χ3n) is 6.97. The first-order chi connectivity index (χ1) is 17.7. The van der Waals surface area contributed by atoms with Crippen LogP contribution in [0.4, 0.5) is 10.5 Å². The summed E-state index contributed by atoms with van der Waals surface area (Å²) in [7, 11) is 0. The Morgan fingerprint density at radius 3 is 2.17 bits per heavy atom. The molecule has 1 amide bonds. The molecule has 2 heterocycles. The molecule has 0 bridgehead atoms. The van der Waals surface area contributed by atoms with E-state index in [1.165, 1.54) is 0 Å². The number of nitrogens with zero attached hydrogens (tertiary/aromatic N) is 3. The Balaban J connectivity index is 1.24. The van der Waals surface area contributed by atoms with Gasteiger partial charge in [-0.2, -0.15) is 0 Å². The Hall–Kier alpha value is -3.36. The predicted octanol–water partition coefficient (Wildman–Crippen LogP) is 5.03. The summed E-state index contributed by atoms with van der Waals surface area (Å²) in [5.74, 6) is 0.408. The number of nitrogens with one attached hydrogen (secondary N) is 1. The smallest absolute Gasteiger partial charge is 0.412 e. The van der Waals surface area contributed by atoms with Gasteiger partial charge in [-0.25, -0.2) is 4.79 Å².